The molecule has 0 aliphatic carbocycles. The second-order valence-electron chi connectivity index (χ2n) is 4.03. The molecule has 0 bridgehead atoms. The van der Waals surface area contributed by atoms with Crippen LogP contribution in [0.4, 0.5) is 11.7 Å². The summed E-state index contributed by atoms with van der Waals surface area (Å²) in [7, 11) is 0. The van der Waals surface area contributed by atoms with Gasteiger partial charge >= 0.3 is 0 Å². The molecule has 7 nitrogen and oxygen atoms in total. The van der Waals surface area contributed by atoms with E-state index in [1.807, 2.05) is 5.38 Å². The molecule has 0 saturated heterocycles. The van der Waals surface area contributed by atoms with E-state index in [0.29, 0.717) is 23.7 Å². The smallest absolute Gasteiger partial charge is 0.295 e. The van der Waals surface area contributed by atoms with Crippen LogP contribution in [0.3, 0.4) is 0 Å². The van der Waals surface area contributed by atoms with Gasteiger partial charge in [0, 0.05) is 30.6 Å². The van der Waals surface area contributed by atoms with Crippen LogP contribution in [-0.4, -0.2) is 21.4 Å². The maximum atomic E-state index is 10.7. The normalized spacial score (nSPS) is 10.8. The van der Waals surface area contributed by atoms with Crippen LogP contribution in [-0.2, 0) is 6.42 Å². The Morgan fingerprint density at radius 1 is 1.45 bits per heavy atom. The number of nitrogens with one attached hydrogen (secondary N) is 1. The Morgan fingerprint density at radius 2 is 2.35 bits per heavy atom. The van der Waals surface area contributed by atoms with Gasteiger partial charge in [0.25, 0.3) is 11.7 Å². The Hall–Kier alpha value is -2.48. The number of hydrogen-bond donors (Lipinski definition) is 1. The number of benzene rings is 1. The number of anilines is 1. The average molecular weight is 290 g/mol. The van der Waals surface area contributed by atoms with Crippen LogP contribution in [0.5, 0.6) is 0 Å². The van der Waals surface area contributed by atoms with Crippen molar-refractivity contribution in [1.82, 2.24) is 9.97 Å². The summed E-state index contributed by atoms with van der Waals surface area (Å²) >= 11 is 1.59. The fourth-order valence-electron chi connectivity index (χ4n) is 1.76. The Balaban J connectivity index is 1.70. The second kappa shape index (κ2) is 5.25. The summed E-state index contributed by atoms with van der Waals surface area (Å²) in [5.41, 5.74) is 0.978. The molecule has 8 heteroatoms. The summed E-state index contributed by atoms with van der Waals surface area (Å²) in [6, 6.07) is 4.71. The number of thiazole rings is 1. The minimum atomic E-state index is -0.461. The molecule has 0 amide bonds. The highest BCUT2D eigenvalue weighted by atomic mass is 32.1. The largest absolute Gasteiger partial charge is 0.423 e. The molecule has 3 aromatic rings. The van der Waals surface area contributed by atoms with E-state index in [4.69, 9.17) is 4.42 Å². The van der Waals surface area contributed by atoms with Crippen LogP contribution in [0.1, 0.15) is 5.01 Å². The predicted octanol–water partition coefficient (Wildman–Crippen LogP) is 2.85. The highest BCUT2D eigenvalue weighted by Crippen LogP contribution is 2.23. The zero-order valence-electron chi connectivity index (χ0n) is 10.3. The fourth-order valence-corrected chi connectivity index (χ4v) is 2.38. The Kier molecular flexibility index (Phi) is 3.30. The summed E-state index contributed by atoms with van der Waals surface area (Å²) in [6.45, 7) is 0.641. The molecule has 102 valence electrons. The molecule has 2 heterocycles. The minimum absolute atomic E-state index is 0.0111. The summed E-state index contributed by atoms with van der Waals surface area (Å²) < 4.78 is 5.43. The molecule has 2 aromatic heterocycles. The summed E-state index contributed by atoms with van der Waals surface area (Å²) in [4.78, 5) is 18.6. The highest BCUT2D eigenvalue weighted by Gasteiger charge is 2.11. The summed E-state index contributed by atoms with van der Waals surface area (Å²) in [5.74, 6) is 0. The van der Waals surface area contributed by atoms with Crippen molar-refractivity contribution in [1.29, 1.82) is 0 Å². The quantitative estimate of drug-likeness (QED) is 0.573. The van der Waals surface area contributed by atoms with Crippen molar-refractivity contribution in [2.45, 2.75) is 6.42 Å². The topological polar surface area (TPSA) is 94.1 Å². The lowest BCUT2D eigenvalue weighted by molar-refractivity contribution is -0.384. The zero-order chi connectivity index (χ0) is 13.9. The molecular weight excluding hydrogens is 280 g/mol. The number of oxazole rings is 1. The third-order valence-electron chi connectivity index (χ3n) is 2.68. The third kappa shape index (κ3) is 2.59. The van der Waals surface area contributed by atoms with Gasteiger partial charge in [-0.2, -0.15) is 4.98 Å². The van der Waals surface area contributed by atoms with Crippen molar-refractivity contribution >= 4 is 34.1 Å². The van der Waals surface area contributed by atoms with Gasteiger partial charge in [0.05, 0.1) is 16.0 Å². The molecule has 0 aliphatic heterocycles. The van der Waals surface area contributed by atoms with Crippen LogP contribution < -0.4 is 5.32 Å². The van der Waals surface area contributed by atoms with Crippen LogP contribution >= 0.6 is 11.3 Å². The number of fused-ring (bicyclic) bond motifs is 1. The molecule has 3 rings (SSSR count). The van der Waals surface area contributed by atoms with E-state index >= 15 is 0 Å². The molecule has 1 N–H and O–H groups in total. The van der Waals surface area contributed by atoms with Crippen molar-refractivity contribution in [3.8, 4) is 0 Å². The summed E-state index contributed by atoms with van der Waals surface area (Å²) in [5, 5.41) is 16.7. The van der Waals surface area contributed by atoms with Crippen LogP contribution in [0.2, 0.25) is 0 Å². The van der Waals surface area contributed by atoms with Gasteiger partial charge in [-0.05, 0) is 6.07 Å². The molecule has 0 spiro atoms. The van der Waals surface area contributed by atoms with Crippen molar-refractivity contribution in [3.05, 3.63) is 44.9 Å². The lowest BCUT2D eigenvalue weighted by Gasteiger charge is -1.97. The minimum Gasteiger partial charge on any atom is -0.423 e. The van der Waals surface area contributed by atoms with Gasteiger partial charge in [0.15, 0.2) is 5.58 Å². The first-order valence-corrected chi connectivity index (χ1v) is 6.77. The monoisotopic (exact) mass is 290 g/mol. The molecule has 0 saturated carbocycles. The highest BCUT2D eigenvalue weighted by molar-refractivity contribution is 7.09. The first-order chi connectivity index (χ1) is 9.72. The predicted molar refractivity (Wildman–Crippen MR) is 75.0 cm³/mol. The van der Waals surface area contributed by atoms with E-state index in [-0.39, 0.29) is 5.69 Å². The van der Waals surface area contributed by atoms with E-state index in [1.54, 1.807) is 23.6 Å². The number of nitrogens with zero attached hydrogens (tertiary/aromatic N) is 3. The van der Waals surface area contributed by atoms with Crippen molar-refractivity contribution in [3.63, 3.8) is 0 Å². The molecule has 0 aliphatic rings. The first kappa shape index (κ1) is 12.5. The first-order valence-electron chi connectivity index (χ1n) is 5.89. The molecule has 0 radical (unpaired) electrons. The van der Waals surface area contributed by atoms with Crippen molar-refractivity contribution in [2.75, 3.05) is 11.9 Å². The number of hydrogen-bond acceptors (Lipinski definition) is 7. The molecular formula is C12H10N4O3S. The molecule has 0 atom stereocenters. The van der Waals surface area contributed by atoms with Gasteiger partial charge in [-0.15, -0.1) is 11.3 Å². The SMILES string of the molecule is O=[N+]([O-])c1ccc2nc(NCCc3nccs3)oc2c1. The molecule has 1 aromatic carbocycles. The fraction of sp³-hybridized carbons (Fsp3) is 0.167. The van der Waals surface area contributed by atoms with Crippen molar-refractivity contribution in [2.24, 2.45) is 0 Å². The molecule has 20 heavy (non-hydrogen) atoms. The van der Waals surface area contributed by atoms with E-state index in [1.165, 1.54) is 12.1 Å². The second-order valence-corrected chi connectivity index (χ2v) is 5.01. The van der Waals surface area contributed by atoms with Gasteiger partial charge < -0.3 is 9.73 Å². The number of aromatic nitrogens is 2. The Bertz CT molecular complexity index is 738. The lowest BCUT2D eigenvalue weighted by atomic mass is 10.3. The number of nitro benzene ring substituents is 1. The van der Waals surface area contributed by atoms with Crippen LogP contribution in [0, 0.1) is 10.1 Å². The van der Waals surface area contributed by atoms with E-state index in [9.17, 15) is 10.1 Å². The standard InChI is InChI=1S/C12H10N4O3S/c17-16(18)8-1-2-9-10(7-8)19-12(15-9)14-4-3-11-13-5-6-20-11/h1-2,5-7H,3-4H2,(H,14,15). The maximum Gasteiger partial charge on any atom is 0.295 e. The number of nitro groups is 1. The Morgan fingerprint density at radius 3 is 3.10 bits per heavy atom. The van der Waals surface area contributed by atoms with Gasteiger partial charge in [0.1, 0.15) is 5.52 Å². The zero-order valence-corrected chi connectivity index (χ0v) is 11.1. The van der Waals surface area contributed by atoms with Crippen molar-refractivity contribution < 1.29 is 9.34 Å². The maximum absolute atomic E-state index is 10.7. The van der Waals surface area contributed by atoms with Gasteiger partial charge in [-0.3, -0.25) is 10.1 Å². The lowest BCUT2D eigenvalue weighted by Crippen LogP contribution is -2.04. The Labute approximate surface area is 117 Å². The van der Waals surface area contributed by atoms with Crippen LogP contribution in [0.15, 0.2) is 34.2 Å². The van der Waals surface area contributed by atoms with Gasteiger partial charge in [-0.25, -0.2) is 4.98 Å². The average Bonchev–Trinajstić information content (AvgIpc) is 3.06. The number of rotatable bonds is 5. The van der Waals surface area contributed by atoms with E-state index in [2.05, 4.69) is 15.3 Å². The van der Waals surface area contributed by atoms with E-state index in [0.717, 1.165) is 11.4 Å². The number of non-ortho nitro benzene ring substituents is 1. The summed E-state index contributed by atoms with van der Waals surface area (Å²) in [6.07, 6.45) is 2.54. The molecule has 0 unspecified atom stereocenters. The van der Waals surface area contributed by atoms with E-state index < -0.39 is 4.92 Å². The third-order valence-corrected chi connectivity index (χ3v) is 3.52. The van der Waals surface area contributed by atoms with Crippen LogP contribution in [0.25, 0.3) is 11.1 Å². The van der Waals surface area contributed by atoms with Gasteiger partial charge in [-0.1, -0.05) is 0 Å². The molecule has 0 fully saturated rings. The van der Waals surface area contributed by atoms with Gasteiger partial charge in [0.2, 0.25) is 0 Å².